The summed E-state index contributed by atoms with van der Waals surface area (Å²) >= 11 is 13.7. The summed E-state index contributed by atoms with van der Waals surface area (Å²) in [5, 5.41) is 3.36. The van der Waals surface area contributed by atoms with E-state index in [1.807, 2.05) is 18.2 Å². The van der Waals surface area contributed by atoms with Crippen molar-refractivity contribution in [2.75, 3.05) is 0 Å². The second-order valence-corrected chi connectivity index (χ2v) is 5.83. The number of rotatable bonds is 2. The van der Waals surface area contributed by atoms with Crippen molar-refractivity contribution in [3.05, 3.63) is 62.3 Å². The van der Waals surface area contributed by atoms with Crippen LogP contribution in [0.1, 0.15) is 16.5 Å². The summed E-state index contributed by atoms with van der Waals surface area (Å²) in [5.74, 6) is 0. The number of hydrogen-bond acceptors (Lipinski definition) is 3. The molecule has 1 atom stereocenters. The third-order valence-electron chi connectivity index (χ3n) is 2.73. The van der Waals surface area contributed by atoms with E-state index in [4.69, 9.17) is 23.2 Å². The molecule has 0 radical (unpaired) electrons. The van der Waals surface area contributed by atoms with Gasteiger partial charge < -0.3 is 5.43 Å². The highest BCUT2D eigenvalue weighted by atomic mass is 35.5. The van der Waals surface area contributed by atoms with Crippen molar-refractivity contribution in [1.29, 1.82) is 0 Å². The number of halogens is 2. The molecular weight excluding hydrogens is 287 g/mol. The molecule has 92 valence electrons. The van der Waals surface area contributed by atoms with Gasteiger partial charge in [-0.05, 0) is 41.3 Å². The minimum atomic E-state index is 0.0818. The van der Waals surface area contributed by atoms with E-state index in [1.165, 1.54) is 4.88 Å². The lowest BCUT2D eigenvalue weighted by molar-refractivity contribution is 0.616. The van der Waals surface area contributed by atoms with Crippen LogP contribution in [0.15, 0.2) is 41.8 Å². The first-order chi connectivity index (χ1) is 8.72. The zero-order valence-electron chi connectivity index (χ0n) is 9.28. The molecule has 0 saturated carbocycles. The average molecular weight is 297 g/mol. The molecule has 1 aliphatic heterocycles. The highest BCUT2D eigenvalue weighted by Crippen LogP contribution is 2.29. The van der Waals surface area contributed by atoms with Gasteiger partial charge in [0.1, 0.15) is 0 Å². The highest BCUT2D eigenvalue weighted by molar-refractivity contribution is 7.11. The SMILES string of the molecule is Clc1cc(Cl)cc(C2C=C(c3cccs3)NN2)c1. The Morgan fingerprint density at radius 1 is 1.11 bits per heavy atom. The van der Waals surface area contributed by atoms with E-state index < -0.39 is 0 Å². The standard InChI is InChI=1S/C13H10Cl2N2S/c14-9-4-8(5-10(15)6-9)11-7-12(17-16-11)13-2-1-3-18-13/h1-7,11,16-17H. The fraction of sp³-hybridized carbons (Fsp3) is 0.0769. The van der Waals surface area contributed by atoms with Crippen molar-refractivity contribution in [2.45, 2.75) is 6.04 Å². The Labute approximate surface area is 119 Å². The van der Waals surface area contributed by atoms with Crippen molar-refractivity contribution < 1.29 is 0 Å². The van der Waals surface area contributed by atoms with Crippen LogP contribution in [0.2, 0.25) is 10.0 Å². The van der Waals surface area contributed by atoms with Gasteiger partial charge in [-0.1, -0.05) is 29.3 Å². The smallest absolute Gasteiger partial charge is 0.0715 e. The predicted octanol–water partition coefficient (Wildman–Crippen LogP) is 4.24. The average Bonchev–Trinajstić information content (AvgIpc) is 2.99. The lowest BCUT2D eigenvalue weighted by Gasteiger charge is -2.09. The number of thiophene rings is 1. The van der Waals surface area contributed by atoms with Crippen LogP contribution in [0, 0.1) is 0 Å². The molecule has 1 aromatic heterocycles. The van der Waals surface area contributed by atoms with Crippen molar-refractivity contribution >= 4 is 40.2 Å². The maximum Gasteiger partial charge on any atom is 0.0715 e. The number of hydrogen-bond donors (Lipinski definition) is 2. The lowest BCUT2D eigenvalue weighted by atomic mass is 10.1. The van der Waals surface area contributed by atoms with Crippen LogP contribution in [0.25, 0.3) is 5.70 Å². The molecule has 0 saturated heterocycles. The molecule has 1 aliphatic rings. The van der Waals surface area contributed by atoms with E-state index >= 15 is 0 Å². The first-order valence-electron chi connectivity index (χ1n) is 5.45. The van der Waals surface area contributed by atoms with Crippen LogP contribution in [0.3, 0.4) is 0 Å². The Hall–Kier alpha value is -1.00. The monoisotopic (exact) mass is 296 g/mol. The van der Waals surface area contributed by atoms with Crippen molar-refractivity contribution in [1.82, 2.24) is 10.9 Å². The summed E-state index contributed by atoms with van der Waals surface area (Å²) in [6.45, 7) is 0. The van der Waals surface area contributed by atoms with Crippen LogP contribution in [-0.2, 0) is 0 Å². The lowest BCUT2D eigenvalue weighted by Crippen LogP contribution is -2.26. The zero-order valence-corrected chi connectivity index (χ0v) is 11.6. The third-order valence-corrected chi connectivity index (χ3v) is 4.07. The largest absolute Gasteiger partial charge is 0.319 e. The molecule has 0 spiro atoms. The summed E-state index contributed by atoms with van der Waals surface area (Å²) in [5.41, 5.74) is 8.53. The fourth-order valence-corrected chi connectivity index (χ4v) is 3.17. The quantitative estimate of drug-likeness (QED) is 0.866. The predicted molar refractivity (Wildman–Crippen MR) is 77.8 cm³/mol. The minimum absolute atomic E-state index is 0.0818. The van der Waals surface area contributed by atoms with E-state index in [2.05, 4.69) is 28.4 Å². The van der Waals surface area contributed by atoms with Gasteiger partial charge >= 0.3 is 0 Å². The third kappa shape index (κ3) is 2.40. The molecule has 3 rings (SSSR count). The second kappa shape index (κ2) is 4.94. The molecule has 2 aromatic rings. The molecule has 1 unspecified atom stereocenters. The molecule has 0 aliphatic carbocycles. The van der Waals surface area contributed by atoms with Gasteiger partial charge in [-0.15, -0.1) is 11.3 Å². The molecule has 18 heavy (non-hydrogen) atoms. The number of benzene rings is 1. The molecule has 0 bridgehead atoms. The molecule has 5 heteroatoms. The van der Waals surface area contributed by atoms with E-state index in [-0.39, 0.29) is 6.04 Å². The van der Waals surface area contributed by atoms with Crippen LogP contribution < -0.4 is 10.9 Å². The zero-order chi connectivity index (χ0) is 12.5. The summed E-state index contributed by atoms with van der Waals surface area (Å²) < 4.78 is 0. The highest BCUT2D eigenvalue weighted by Gasteiger charge is 2.18. The van der Waals surface area contributed by atoms with Crippen LogP contribution in [0.5, 0.6) is 0 Å². The molecule has 2 nitrogen and oxygen atoms in total. The number of hydrazine groups is 1. The van der Waals surface area contributed by atoms with Gasteiger partial charge in [-0.2, -0.15) is 0 Å². The maximum absolute atomic E-state index is 6.01. The van der Waals surface area contributed by atoms with Gasteiger partial charge in [-0.25, -0.2) is 5.43 Å². The first kappa shape index (κ1) is 12.1. The molecule has 0 fully saturated rings. The van der Waals surface area contributed by atoms with Crippen molar-refractivity contribution in [2.24, 2.45) is 0 Å². The Bertz CT molecular complexity index is 573. The topological polar surface area (TPSA) is 24.1 Å². The summed E-state index contributed by atoms with van der Waals surface area (Å²) in [7, 11) is 0. The molecule has 0 amide bonds. The molecule has 2 N–H and O–H groups in total. The van der Waals surface area contributed by atoms with Crippen molar-refractivity contribution in [3.8, 4) is 0 Å². The Balaban J connectivity index is 1.91. The van der Waals surface area contributed by atoms with Gasteiger partial charge in [0.15, 0.2) is 0 Å². The van der Waals surface area contributed by atoms with Gasteiger partial charge in [0.25, 0.3) is 0 Å². The normalized spacial score (nSPS) is 18.6. The van der Waals surface area contributed by atoms with Gasteiger partial charge in [0.05, 0.1) is 16.6 Å². The maximum atomic E-state index is 6.01. The van der Waals surface area contributed by atoms with Crippen LogP contribution >= 0.6 is 34.5 Å². The second-order valence-electron chi connectivity index (χ2n) is 4.01. The van der Waals surface area contributed by atoms with Gasteiger partial charge in [0, 0.05) is 10.0 Å². The van der Waals surface area contributed by atoms with E-state index in [0.717, 1.165) is 11.3 Å². The molecule has 2 heterocycles. The fourth-order valence-electron chi connectivity index (χ4n) is 1.92. The summed E-state index contributed by atoms with van der Waals surface area (Å²) in [6.07, 6.45) is 2.13. The Morgan fingerprint density at radius 2 is 1.89 bits per heavy atom. The Kier molecular flexibility index (Phi) is 3.31. The van der Waals surface area contributed by atoms with Crippen molar-refractivity contribution in [3.63, 3.8) is 0 Å². The molecular formula is C13H10Cl2N2S. The van der Waals surface area contributed by atoms with Gasteiger partial charge in [-0.3, -0.25) is 0 Å². The minimum Gasteiger partial charge on any atom is -0.319 e. The van der Waals surface area contributed by atoms with Crippen LogP contribution in [0.4, 0.5) is 0 Å². The molecule has 1 aromatic carbocycles. The van der Waals surface area contributed by atoms with E-state index in [9.17, 15) is 0 Å². The first-order valence-corrected chi connectivity index (χ1v) is 7.09. The van der Waals surface area contributed by atoms with E-state index in [0.29, 0.717) is 10.0 Å². The summed E-state index contributed by atoms with van der Waals surface area (Å²) in [4.78, 5) is 1.21. The number of nitrogens with one attached hydrogen (secondary N) is 2. The van der Waals surface area contributed by atoms with E-state index in [1.54, 1.807) is 17.4 Å². The Morgan fingerprint density at radius 3 is 2.56 bits per heavy atom. The summed E-state index contributed by atoms with van der Waals surface area (Å²) in [6, 6.07) is 9.77. The van der Waals surface area contributed by atoms with Crippen LogP contribution in [-0.4, -0.2) is 0 Å². The van der Waals surface area contributed by atoms with Gasteiger partial charge in [0.2, 0.25) is 0 Å².